The number of halogens is 1. The van der Waals surface area contributed by atoms with Gasteiger partial charge < -0.3 is 9.47 Å². The fourth-order valence-electron chi connectivity index (χ4n) is 2.22. The lowest BCUT2D eigenvalue weighted by Gasteiger charge is -2.07. The van der Waals surface area contributed by atoms with Crippen LogP contribution in [0.2, 0.25) is 0 Å². The predicted octanol–water partition coefficient (Wildman–Crippen LogP) is 3.64. The number of nitrogens with one attached hydrogen (secondary N) is 1. The first-order chi connectivity index (χ1) is 14.0. The summed E-state index contributed by atoms with van der Waals surface area (Å²) in [4.78, 5) is 23.2. The summed E-state index contributed by atoms with van der Waals surface area (Å²) in [7, 11) is 1.24. The van der Waals surface area contributed by atoms with E-state index < -0.39 is 11.9 Å². The number of nitrogens with zero attached hydrogens (tertiary/aromatic N) is 2. The van der Waals surface area contributed by atoms with Crippen molar-refractivity contribution in [2.45, 2.75) is 6.61 Å². The molecule has 1 amide bonds. The predicted molar refractivity (Wildman–Crippen MR) is 116 cm³/mol. The van der Waals surface area contributed by atoms with Gasteiger partial charge in [0.05, 0.1) is 18.2 Å². The molecule has 1 N–H and O–H groups in total. The maximum atomic E-state index is 11.7. The molecule has 148 valence electrons. The first kappa shape index (κ1) is 20.8. The van der Waals surface area contributed by atoms with Crippen LogP contribution in [0.25, 0.3) is 0 Å². The highest BCUT2D eigenvalue weighted by molar-refractivity contribution is 9.10. The van der Waals surface area contributed by atoms with E-state index in [9.17, 15) is 9.59 Å². The third-order valence-corrected chi connectivity index (χ3v) is 5.36. The van der Waals surface area contributed by atoms with E-state index in [4.69, 9.17) is 4.74 Å². The van der Waals surface area contributed by atoms with Crippen molar-refractivity contribution in [1.82, 2.24) is 5.32 Å². The standard InChI is InChI=1S/C20H16BrN3O4S/c1-27-18(25)10-17-19(26)23-20(29-17)24-22-11-13-6-8-15(9-7-13)28-12-14-4-2-3-5-16(14)21/h2-11H,12H2,1H3,(H,23,24,26)/b17-10+,22-11?. The Morgan fingerprint density at radius 1 is 1.21 bits per heavy atom. The van der Waals surface area contributed by atoms with E-state index in [0.717, 1.165) is 39.2 Å². The molecule has 2 aromatic rings. The fourth-order valence-corrected chi connectivity index (χ4v) is 3.35. The Morgan fingerprint density at radius 2 is 1.97 bits per heavy atom. The molecule has 1 saturated heterocycles. The van der Waals surface area contributed by atoms with Crippen LogP contribution in [0.5, 0.6) is 5.75 Å². The third kappa shape index (κ3) is 6.03. The van der Waals surface area contributed by atoms with Crippen LogP contribution in [0.15, 0.2) is 74.2 Å². The number of esters is 1. The number of methoxy groups -OCH3 is 1. The summed E-state index contributed by atoms with van der Waals surface area (Å²) in [6, 6.07) is 15.3. The van der Waals surface area contributed by atoms with Crippen LogP contribution in [0.4, 0.5) is 0 Å². The van der Waals surface area contributed by atoms with Crippen molar-refractivity contribution in [3.63, 3.8) is 0 Å². The van der Waals surface area contributed by atoms with Crippen molar-refractivity contribution in [2.24, 2.45) is 10.2 Å². The smallest absolute Gasteiger partial charge is 0.331 e. The average molecular weight is 474 g/mol. The van der Waals surface area contributed by atoms with E-state index in [0.29, 0.717) is 6.61 Å². The van der Waals surface area contributed by atoms with Crippen LogP contribution in [0.1, 0.15) is 11.1 Å². The number of carbonyl (C=O) groups is 2. The number of hydrogen-bond acceptors (Lipinski definition) is 7. The van der Waals surface area contributed by atoms with Crippen molar-refractivity contribution in [3.05, 3.63) is 75.1 Å². The number of hydrogen-bond donors (Lipinski definition) is 1. The molecule has 0 atom stereocenters. The van der Waals surface area contributed by atoms with Gasteiger partial charge >= 0.3 is 5.97 Å². The van der Waals surface area contributed by atoms with Crippen LogP contribution in [0, 0.1) is 0 Å². The van der Waals surface area contributed by atoms with Gasteiger partial charge in [0.25, 0.3) is 5.91 Å². The van der Waals surface area contributed by atoms with Gasteiger partial charge in [-0.3, -0.25) is 10.1 Å². The van der Waals surface area contributed by atoms with E-state index >= 15 is 0 Å². The van der Waals surface area contributed by atoms with E-state index in [1.807, 2.05) is 48.5 Å². The topological polar surface area (TPSA) is 89.3 Å². The first-order valence-corrected chi connectivity index (χ1v) is 10.0. The molecule has 0 unspecified atom stereocenters. The zero-order chi connectivity index (χ0) is 20.6. The maximum Gasteiger partial charge on any atom is 0.331 e. The summed E-state index contributed by atoms with van der Waals surface area (Å²) in [6.45, 7) is 0.459. The molecule has 1 aliphatic rings. The lowest BCUT2D eigenvalue weighted by molar-refractivity contribution is -0.135. The third-order valence-electron chi connectivity index (χ3n) is 3.69. The summed E-state index contributed by atoms with van der Waals surface area (Å²) in [5.41, 5.74) is 1.88. The zero-order valence-corrected chi connectivity index (χ0v) is 17.7. The summed E-state index contributed by atoms with van der Waals surface area (Å²) in [5.74, 6) is -0.282. The van der Waals surface area contributed by atoms with Crippen LogP contribution in [-0.2, 0) is 20.9 Å². The molecule has 0 aromatic heterocycles. The maximum absolute atomic E-state index is 11.7. The SMILES string of the molecule is COC(=O)/C=C1/S/C(=N\N=Cc2ccc(OCc3ccccc3Br)cc2)NC1=O. The van der Waals surface area contributed by atoms with Gasteiger partial charge in [-0.1, -0.05) is 34.1 Å². The largest absolute Gasteiger partial charge is 0.489 e. The molecule has 1 aliphatic heterocycles. The monoisotopic (exact) mass is 473 g/mol. The molecule has 2 aromatic carbocycles. The molecule has 3 rings (SSSR count). The molecule has 0 radical (unpaired) electrons. The molecule has 0 aliphatic carbocycles. The Hall–Kier alpha value is -2.91. The average Bonchev–Trinajstić information content (AvgIpc) is 3.07. The number of rotatable bonds is 6. The normalized spacial score (nSPS) is 16.4. The lowest BCUT2D eigenvalue weighted by atomic mass is 10.2. The molecule has 0 bridgehead atoms. The Morgan fingerprint density at radius 3 is 2.69 bits per heavy atom. The number of amides is 1. The van der Waals surface area contributed by atoms with Crippen molar-refractivity contribution in [3.8, 4) is 5.75 Å². The second-order valence-corrected chi connectivity index (χ2v) is 7.57. The van der Waals surface area contributed by atoms with E-state index in [1.165, 1.54) is 7.11 Å². The quantitative estimate of drug-likeness (QED) is 0.299. The Labute approximate surface area is 180 Å². The molecular weight excluding hydrogens is 458 g/mol. The highest BCUT2D eigenvalue weighted by Gasteiger charge is 2.24. The number of benzene rings is 2. The Balaban J connectivity index is 1.56. The van der Waals surface area contributed by atoms with Crippen LogP contribution in [0.3, 0.4) is 0 Å². The zero-order valence-electron chi connectivity index (χ0n) is 15.3. The van der Waals surface area contributed by atoms with Gasteiger partial charge in [0.2, 0.25) is 0 Å². The van der Waals surface area contributed by atoms with E-state index in [1.54, 1.807) is 6.21 Å². The highest BCUT2D eigenvalue weighted by atomic mass is 79.9. The van der Waals surface area contributed by atoms with Gasteiger partial charge in [0, 0.05) is 16.1 Å². The molecule has 1 heterocycles. The van der Waals surface area contributed by atoms with Crippen LogP contribution >= 0.6 is 27.7 Å². The molecular formula is C20H16BrN3O4S. The minimum absolute atomic E-state index is 0.206. The fraction of sp³-hybridized carbons (Fsp3) is 0.100. The lowest BCUT2D eigenvalue weighted by Crippen LogP contribution is -2.19. The summed E-state index contributed by atoms with van der Waals surface area (Å²) < 4.78 is 11.3. The minimum atomic E-state index is -0.602. The molecule has 0 saturated carbocycles. The second-order valence-electron chi connectivity index (χ2n) is 5.69. The second kappa shape index (κ2) is 10.0. The number of ether oxygens (including phenoxy) is 2. The van der Waals surface area contributed by atoms with Gasteiger partial charge in [0.15, 0.2) is 5.17 Å². The van der Waals surface area contributed by atoms with Gasteiger partial charge in [-0.25, -0.2) is 4.79 Å². The molecule has 0 spiro atoms. The molecule has 9 heteroatoms. The molecule has 29 heavy (non-hydrogen) atoms. The summed E-state index contributed by atoms with van der Waals surface area (Å²) >= 11 is 4.51. The summed E-state index contributed by atoms with van der Waals surface area (Å²) in [5, 5.41) is 10.7. The van der Waals surface area contributed by atoms with Crippen molar-refractivity contribution in [1.29, 1.82) is 0 Å². The molecule has 1 fully saturated rings. The highest BCUT2D eigenvalue weighted by Crippen LogP contribution is 2.23. The van der Waals surface area contributed by atoms with Crippen LogP contribution < -0.4 is 10.1 Å². The number of thioether (sulfide) groups is 1. The molecule has 7 nitrogen and oxygen atoms in total. The van der Waals surface area contributed by atoms with Gasteiger partial charge in [-0.2, -0.15) is 5.10 Å². The van der Waals surface area contributed by atoms with Crippen molar-refractivity contribution >= 4 is 51.0 Å². The van der Waals surface area contributed by atoms with Gasteiger partial charge in [0.1, 0.15) is 12.4 Å². The van der Waals surface area contributed by atoms with Crippen LogP contribution in [-0.4, -0.2) is 30.4 Å². The van der Waals surface area contributed by atoms with Crippen molar-refractivity contribution in [2.75, 3.05) is 7.11 Å². The van der Waals surface area contributed by atoms with Crippen molar-refractivity contribution < 1.29 is 19.1 Å². The number of amidine groups is 1. The minimum Gasteiger partial charge on any atom is -0.489 e. The summed E-state index contributed by atoms with van der Waals surface area (Å²) in [6.07, 6.45) is 2.66. The Kier molecular flexibility index (Phi) is 7.20. The Bertz CT molecular complexity index is 1000. The van der Waals surface area contributed by atoms with E-state index in [-0.39, 0.29) is 10.1 Å². The van der Waals surface area contributed by atoms with E-state index in [2.05, 4.69) is 36.2 Å². The first-order valence-electron chi connectivity index (χ1n) is 8.41. The van der Waals surface area contributed by atoms with Gasteiger partial charge in [-0.05, 0) is 47.7 Å². The number of carbonyl (C=O) groups excluding carboxylic acids is 2. The van der Waals surface area contributed by atoms with Gasteiger partial charge in [-0.15, -0.1) is 5.10 Å².